The van der Waals surface area contributed by atoms with Crippen LogP contribution in [0.2, 0.25) is 0 Å². The SMILES string of the molecule is CC1(O)CCCN(CCn2cc(C(=O)O)nn2)CC1. The first-order valence-corrected chi connectivity index (χ1v) is 6.54. The third-order valence-corrected chi connectivity index (χ3v) is 3.56. The van der Waals surface area contributed by atoms with Crippen molar-refractivity contribution in [3.63, 3.8) is 0 Å². The normalized spacial score (nSPS) is 25.2. The Morgan fingerprint density at radius 2 is 2.21 bits per heavy atom. The third-order valence-electron chi connectivity index (χ3n) is 3.56. The van der Waals surface area contributed by atoms with E-state index in [0.717, 1.165) is 38.9 Å². The summed E-state index contributed by atoms with van der Waals surface area (Å²) < 4.78 is 1.55. The van der Waals surface area contributed by atoms with Crippen LogP contribution in [0.4, 0.5) is 0 Å². The zero-order chi connectivity index (χ0) is 13.9. The lowest BCUT2D eigenvalue weighted by Gasteiger charge is -2.22. The van der Waals surface area contributed by atoms with Gasteiger partial charge in [0.05, 0.1) is 18.3 Å². The Balaban J connectivity index is 1.83. The highest BCUT2D eigenvalue weighted by Crippen LogP contribution is 2.21. The number of aliphatic hydroxyl groups is 1. The van der Waals surface area contributed by atoms with Gasteiger partial charge >= 0.3 is 5.97 Å². The minimum absolute atomic E-state index is 0.0289. The molecular weight excluding hydrogens is 248 g/mol. The van der Waals surface area contributed by atoms with Crippen LogP contribution in [-0.4, -0.2) is 61.3 Å². The summed E-state index contributed by atoms with van der Waals surface area (Å²) in [6.45, 7) is 5.10. The minimum Gasteiger partial charge on any atom is -0.476 e. The minimum atomic E-state index is -1.06. The van der Waals surface area contributed by atoms with Gasteiger partial charge in [0, 0.05) is 13.1 Å². The van der Waals surface area contributed by atoms with E-state index in [9.17, 15) is 9.90 Å². The molecule has 0 spiro atoms. The van der Waals surface area contributed by atoms with E-state index in [4.69, 9.17) is 5.11 Å². The molecule has 0 saturated carbocycles. The van der Waals surface area contributed by atoms with Crippen LogP contribution < -0.4 is 0 Å². The molecular formula is C12H20N4O3. The molecule has 2 heterocycles. The summed E-state index contributed by atoms with van der Waals surface area (Å²) in [4.78, 5) is 13.0. The fourth-order valence-corrected chi connectivity index (χ4v) is 2.29. The van der Waals surface area contributed by atoms with E-state index in [-0.39, 0.29) is 5.69 Å². The van der Waals surface area contributed by atoms with Crippen molar-refractivity contribution in [1.82, 2.24) is 19.9 Å². The van der Waals surface area contributed by atoms with E-state index >= 15 is 0 Å². The smallest absolute Gasteiger partial charge is 0.358 e. The summed E-state index contributed by atoms with van der Waals surface area (Å²) in [5.74, 6) is -1.06. The number of carboxylic acid groups (broad SMARTS) is 1. The number of likely N-dealkylation sites (tertiary alicyclic amines) is 1. The summed E-state index contributed by atoms with van der Waals surface area (Å²) in [5, 5.41) is 26.1. The molecule has 1 aliphatic rings. The van der Waals surface area contributed by atoms with Crippen molar-refractivity contribution < 1.29 is 15.0 Å². The largest absolute Gasteiger partial charge is 0.476 e. The van der Waals surface area contributed by atoms with E-state index in [0.29, 0.717) is 6.54 Å². The molecule has 7 heteroatoms. The topological polar surface area (TPSA) is 91.5 Å². The van der Waals surface area contributed by atoms with Crippen LogP contribution in [0.15, 0.2) is 6.20 Å². The first-order chi connectivity index (χ1) is 8.96. The first-order valence-electron chi connectivity index (χ1n) is 6.54. The molecule has 1 aromatic heterocycles. The zero-order valence-corrected chi connectivity index (χ0v) is 11.1. The second-order valence-electron chi connectivity index (χ2n) is 5.36. The maximum atomic E-state index is 10.7. The Morgan fingerprint density at radius 3 is 2.89 bits per heavy atom. The highest BCUT2D eigenvalue weighted by molar-refractivity contribution is 5.84. The summed E-state index contributed by atoms with van der Waals surface area (Å²) in [7, 11) is 0. The number of carbonyl (C=O) groups is 1. The van der Waals surface area contributed by atoms with Crippen molar-refractivity contribution >= 4 is 5.97 Å². The van der Waals surface area contributed by atoms with Crippen molar-refractivity contribution in [2.75, 3.05) is 19.6 Å². The van der Waals surface area contributed by atoms with Gasteiger partial charge in [-0.25, -0.2) is 4.79 Å². The van der Waals surface area contributed by atoms with Crippen LogP contribution in [0.25, 0.3) is 0 Å². The van der Waals surface area contributed by atoms with E-state index in [2.05, 4.69) is 15.2 Å². The second kappa shape index (κ2) is 5.66. The summed E-state index contributed by atoms with van der Waals surface area (Å²) in [6.07, 6.45) is 4.02. The number of rotatable bonds is 4. The number of aromatic carboxylic acids is 1. The van der Waals surface area contributed by atoms with E-state index in [1.807, 2.05) is 6.92 Å². The van der Waals surface area contributed by atoms with Crippen molar-refractivity contribution in [3.05, 3.63) is 11.9 Å². The summed E-state index contributed by atoms with van der Waals surface area (Å²) >= 11 is 0. The van der Waals surface area contributed by atoms with Crippen LogP contribution in [0, 0.1) is 0 Å². The molecule has 7 nitrogen and oxygen atoms in total. The molecule has 19 heavy (non-hydrogen) atoms. The van der Waals surface area contributed by atoms with Crippen LogP contribution >= 0.6 is 0 Å². The molecule has 0 radical (unpaired) electrons. The molecule has 0 amide bonds. The highest BCUT2D eigenvalue weighted by Gasteiger charge is 2.24. The van der Waals surface area contributed by atoms with Gasteiger partial charge in [-0.3, -0.25) is 4.68 Å². The van der Waals surface area contributed by atoms with Gasteiger partial charge in [-0.1, -0.05) is 5.21 Å². The number of carboxylic acids is 1. The fourth-order valence-electron chi connectivity index (χ4n) is 2.29. The maximum absolute atomic E-state index is 10.7. The standard InChI is InChI=1S/C12H20N4O3/c1-12(19)3-2-5-15(6-4-12)7-8-16-9-10(11(17)18)13-14-16/h9,19H,2-8H2,1H3,(H,17,18). The summed E-state index contributed by atoms with van der Waals surface area (Å²) in [5.41, 5.74) is -0.586. The van der Waals surface area contributed by atoms with Crippen molar-refractivity contribution in [2.45, 2.75) is 38.3 Å². The molecule has 1 atom stereocenters. The van der Waals surface area contributed by atoms with Gasteiger partial charge in [0.1, 0.15) is 0 Å². The van der Waals surface area contributed by atoms with Gasteiger partial charge in [0.25, 0.3) is 0 Å². The Bertz CT molecular complexity index is 444. The average Bonchev–Trinajstić information content (AvgIpc) is 2.74. The molecule has 1 aromatic rings. The fraction of sp³-hybridized carbons (Fsp3) is 0.750. The Hall–Kier alpha value is -1.47. The van der Waals surface area contributed by atoms with E-state index in [1.165, 1.54) is 6.20 Å². The van der Waals surface area contributed by atoms with Crippen molar-refractivity contribution in [1.29, 1.82) is 0 Å². The van der Waals surface area contributed by atoms with Crippen molar-refractivity contribution in [2.24, 2.45) is 0 Å². The number of nitrogens with zero attached hydrogens (tertiary/aromatic N) is 4. The van der Waals surface area contributed by atoms with Gasteiger partial charge in [-0.2, -0.15) is 0 Å². The van der Waals surface area contributed by atoms with Gasteiger partial charge < -0.3 is 15.1 Å². The van der Waals surface area contributed by atoms with Gasteiger partial charge in [0.2, 0.25) is 0 Å². The highest BCUT2D eigenvalue weighted by atomic mass is 16.4. The molecule has 1 aliphatic heterocycles. The lowest BCUT2D eigenvalue weighted by molar-refractivity contribution is 0.0445. The summed E-state index contributed by atoms with van der Waals surface area (Å²) in [6, 6.07) is 0. The molecule has 2 rings (SSSR count). The molecule has 0 aliphatic carbocycles. The zero-order valence-electron chi connectivity index (χ0n) is 11.1. The van der Waals surface area contributed by atoms with Gasteiger partial charge in [0.15, 0.2) is 5.69 Å². The van der Waals surface area contributed by atoms with E-state index in [1.54, 1.807) is 4.68 Å². The molecule has 0 bridgehead atoms. The van der Waals surface area contributed by atoms with Crippen LogP contribution in [0.1, 0.15) is 36.7 Å². The molecule has 2 N–H and O–H groups in total. The lowest BCUT2D eigenvalue weighted by Crippen LogP contribution is -2.31. The third kappa shape index (κ3) is 4.00. The van der Waals surface area contributed by atoms with E-state index < -0.39 is 11.6 Å². The Labute approximate surface area is 111 Å². The quantitative estimate of drug-likeness (QED) is 0.811. The average molecular weight is 268 g/mol. The second-order valence-corrected chi connectivity index (χ2v) is 5.36. The van der Waals surface area contributed by atoms with Crippen LogP contribution in [0.5, 0.6) is 0 Å². The molecule has 1 unspecified atom stereocenters. The molecule has 1 saturated heterocycles. The number of hydrogen-bond donors (Lipinski definition) is 2. The Kier molecular flexibility index (Phi) is 4.16. The maximum Gasteiger partial charge on any atom is 0.358 e. The first kappa shape index (κ1) is 14.0. The predicted octanol–water partition coefficient (Wildman–Crippen LogP) is 0.213. The number of aromatic nitrogens is 3. The van der Waals surface area contributed by atoms with Crippen molar-refractivity contribution in [3.8, 4) is 0 Å². The molecule has 106 valence electrons. The molecule has 1 fully saturated rings. The van der Waals surface area contributed by atoms with Gasteiger partial charge in [-0.05, 0) is 32.7 Å². The lowest BCUT2D eigenvalue weighted by atomic mass is 9.98. The Morgan fingerprint density at radius 1 is 1.42 bits per heavy atom. The number of hydrogen-bond acceptors (Lipinski definition) is 5. The van der Waals surface area contributed by atoms with Crippen LogP contribution in [-0.2, 0) is 6.54 Å². The monoisotopic (exact) mass is 268 g/mol. The van der Waals surface area contributed by atoms with Gasteiger partial charge in [-0.15, -0.1) is 5.10 Å². The van der Waals surface area contributed by atoms with Crippen LogP contribution in [0.3, 0.4) is 0 Å². The predicted molar refractivity (Wildman–Crippen MR) is 67.9 cm³/mol. The molecule has 0 aromatic carbocycles.